The van der Waals surface area contributed by atoms with E-state index >= 15 is 0 Å². The molecule has 1 aromatic heterocycles. The molecule has 0 fully saturated rings. The van der Waals surface area contributed by atoms with E-state index in [1.54, 1.807) is 0 Å². The smallest absolute Gasteiger partial charge is 0.416 e. The van der Waals surface area contributed by atoms with Crippen LogP contribution < -0.4 is 0 Å². The molecule has 0 aliphatic heterocycles. The van der Waals surface area contributed by atoms with Crippen molar-refractivity contribution in [2.45, 2.75) is 18.0 Å². The number of alkyl halides is 3. The molecule has 2 rings (SSSR count). The van der Waals surface area contributed by atoms with Crippen molar-refractivity contribution in [1.29, 1.82) is 0 Å². The standard InChI is InChI=1S/C12H9F3O4S2/c1-2-21(18,19)10-7-4-3-6(12(13,14)15)5-8(7)20-9(10)11(16)17/h3-5H,2H2,1H3,(H,16,17). The lowest BCUT2D eigenvalue weighted by atomic mass is 10.1. The molecule has 0 saturated carbocycles. The summed E-state index contributed by atoms with van der Waals surface area (Å²) < 4.78 is 61.9. The van der Waals surface area contributed by atoms with Gasteiger partial charge in [-0.2, -0.15) is 13.2 Å². The van der Waals surface area contributed by atoms with E-state index in [0.717, 1.165) is 18.2 Å². The lowest BCUT2D eigenvalue weighted by Crippen LogP contribution is -2.08. The molecular weight excluding hydrogens is 329 g/mol. The Morgan fingerprint density at radius 1 is 1.33 bits per heavy atom. The number of thiophene rings is 1. The highest BCUT2D eigenvalue weighted by Crippen LogP contribution is 2.39. The van der Waals surface area contributed by atoms with E-state index in [4.69, 9.17) is 5.11 Å². The molecule has 0 bridgehead atoms. The van der Waals surface area contributed by atoms with E-state index < -0.39 is 37.3 Å². The summed E-state index contributed by atoms with van der Waals surface area (Å²) in [5.41, 5.74) is -0.950. The average Bonchev–Trinajstić information content (AvgIpc) is 2.76. The van der Waals surface area contributed by atoms with Crippen molar-refractivity contribution >= 4 is 37.2 Å². The Morgan fingerprint density at radius 3 is 2.43 bits per heavy atom. The minimum Gasteiger partial charge on any atom is -0.477 e. The lowest BCUT2D eigenvalue weighted by molar-refractivity contribution is -0.137. The summed E-state index contributed by atoms with van der Waals surface area (Å²) in [7, 11) is -3.86. The zero-order chi connectivity index (χ0) is 16.0. The number of hydrogen-bond donors (Lipinski definition) is 1. The molecule has 0 aliphatic carbocycles. The topological polar surface area (TPSA) is 71.4 Å². The second-order valence-electron chi connectivity index (χ2n) is 4.18. The molecule has 9 heteroatoms. The Labute approximate surface area is 121 Å². The first-order valence-electron chi connectivity index (χ1n) is 5.67. The highest BCUT2D eigenvalue weighted by atomic mass is 32.2. The van der Waals surface area contributed by atoms with E-state index in [1.165, 1.54) is 6.92 Å². The van der Waals surface area contributed by atoms with Gasteiger partial charge in [-0.15, -0.1) is 11.3 Å². The van der Waals surface area contributed by atoms with Crippen molar-refractivity contribution in [3.63, 3.8) is 0 Å². The van der Waals surface area contributed by atoms with Crippen LogP contribution in [0.15, 0.2) is 23.1 Å². The van der Waals surface area contributed by atoms with Crippen molar-refractivity contribution in [2.24, 2.45) is 0 Å². The molecule has 0 amide bonds. The van der Waals surface area contributed by atoms with Crippen LogP contribution in [0.1, 0.15) is 22.2 Å². The molecule has 0 saturated heterocycles. The lowest BCUT2D eigenvalue weighted by Gasteiger charge is -2.06. The Balaban J connectivity index is 2.85. The molecule has 21 heavy (non-hydrogen) atoms. The fraction of sp³-hybridized carbons (Fsp3) is 0.250. The number of carbonyl (C=O) groups is 1. The normalized spacial score (nSPS) is 12.8. The second kappa shape index (κ2) is 4.99. The molecule has 0 unspecified atom stereocenters. The fourth-order valence-electron chi connectivity index (χ4n) is 1.84. The van der Waals surface area contributed by atoms with Crippen LogP contribution >= 0.6 is 11.3 Å². The molecule has 0 radical (unpaired) electrons. The highest BCUT2D eigenvalue weighted by Gasteiger charge is 2.33. The van der Waals surface area contributed by atoms with Gasteiger partial charge in [-0.1, -0.05) is 13.0 Å². The molecule has 114 valence electrons. The molecule has 0 aliphatic rings. The van der Waals surface area contributed by atoms with Crippen LogP contribution in [0.2, 0.25) is 0 Å². The van der Waals surface area contributed by atoms with Crippen molar-refractivity contribution in [1.82, 2.24) is 0 Å². The van der Waals surface area contributed by atoms with E-state index in [-0.39, 0.29) is 15.8 Å². The first kappa shape index (κ1) is 15.8. The Kier molecular flexibility index (Phi) is 3.75. The van der Waals surface area contributed by atoms with Gasteiger partial charge in [0.25, 0.3) is 0 Å². The third kappa shape index (κ3) is 2.75. The van der Waals surface area contributed by atoms with Gasteiger partial charge in [0.15, 0.2) is 9.84 Å². The number of rotatable bonds is 3. The predicted octanol–water partition coefficient (Wildman–Crippen LogP) is 3.41. The molecule has 4 nitrogen and oxygen atoms in total. The van der Waals surface area contributed by atoms with E-state index in [0.29, 0.717) is 11.3 Å². The number of carboxylic acids is 1. The van der Waals surface area contributed by atoms with Crippen LogP contribution in [0.3, 0.4) is 0 Å². The number of hydrogen-bond acceptors (Lipinski definition) is 4. The molecule has 0 atom stereocenters. The zero-order valence-corrected chi connectivity index (χ0v) is 12.2. The number of carboxylic acid groups (broad SMARTS) is 1. The number of sulfone groups is 1. The first-order chi connectivity index (χ1) is 9.58. The molecule has 1 heterocycles. The summed E-state index contributed by atoms with van der Waals surface area (Å²) in [4.78, 5) is 10.3. The summed E-state index contributed by atoms with van der Waals surface area (Å²) in [6.45, 7) is 1.34. The highest BCUT2D eigenvalue weighted by molar-refractivity contribution is 7.91. The Hall–Kier alpha value is -1.61. The average molecular weight is 338 g/mol. The number of aromatic carboxylic acids is 1. The van der Waals surface area contributed by atoms with Gasteiger partial charge in [-0.3, -0.25) is 0 Å². The molecule has 1 N–H and O–H groups in total. The third-order valence-electron chi connectivity index (χ3n) is 2.86. The van der Waals surface area contributed by atoms with Crippen molar-refractivity contribution in [3.8, 4) is 0 Å². The molecule has 1 aromatic carbocycles. The van der Waals surface area contributed by atoms with Crippen LogP contribution in [-0.2, 0) is 16.0 Å². The van der Waals surface area contributed by atoms with Gasteiger partial charge in [0.05, 0.1) is 11.3 Å². The second-order valence-corrected chi connectivity index (χ2v) is 7.44. The molecular formula is C12H9F3O4S2. The Bertz CT molecular complexity index is 819. The maximum atomic E-state index is 12.7. The monoisotopic (exact) mass is 338 g/mol. The van der Waals surface area contributed by atoms with Gasteiger partial charge >= 0.3 is 12.1 Å². The van der Waals surface area contributed by atoms with Gasteiger partial charge < -0.3 is 5.11 Å². The van der Waals surface area contributed by atoms with Gasteiger partial charge in [-0.25, -0.2) is 13.2 Å². The maximum absolute atomic E-state index is 12.7. The van der Waals surface area contributed by atoms with Gasteiger partial charge in [0, 0.05) is 10.1 Å². The van der Waals surface area contributed by atoms with Crippen LogP contribution in [0.5, 0.6) is 0 Å². The number of halogens is 3. The van der Waals surface area contributed by atoms with E-state index in [9.17, 15) is 26.4 Å². The number of fused-ring (bicyclic) bond motifs is 1. The SMILES string of the molecule is CCS(=O)(=O)c1c(C(=O)O)sc2cc(C(F)(F)F)ccc12. The maximum Gasteiger partial charge on any atom is 0.416 e. The van der Waals surface area contributed by atoms with Gasteiger partial charge in [-0.05, 0) is 12.1 Å². The van der Waals surface area contributed by atoms with Crippen molar-refractivity contribution < 1.29 is 31.5 Å². The predicted molar refractivity (Wildman–Crippen MR) is 71.5 cm³/mol. The Morgan fingerprint density at radius 2 is 1.95 bits per heavy atom. The van der Waals surface area contributed by atoms with Crippen LogP contribution in [0.4, 0.5) is 13.2 Å². The van der Waals surface area contributed by atoms with E-state index in [1.807, 2.05) is 0 Å². The summed E-state index contributed by atoms with van der Waals surface area (Å²) in [6, 6.07) is 2.51. The van der Waals surface area contributed by atoms with Crippen molar-refractivity contribution in [2.75, 3.05) is 5.75 Å². The summed E-state index contributed by atoms with van der Waals surface area (Å²) >= 11 is 0.526. The quantitative estimate of drug-likeness (QED) is 0.931. The summed E-state index contributed by atoms with van der Waals surface area (Å²) in [5, 5.41) is 9.09. The first-order valence-corrected chi connectivity index (χ1v) is 8.14. The van der Waals surface area contributed by atoms with E-state index in [2.05, 4.69) is 0 Å². The summed E-state index contributed by atoms with van der Waals surface area (Å²) in [6.07, 6.45) is -4.58. The van der Waals surface area contributed by atoms with Gasteiger partial charge in [0.2, 0.25) is 0 Å². The fourth-order valence-corrected chi connectivity index (χ4v) is 4.56. The zero-order valence-electron chi connectivity index (χ0n) is 10.6. The molecule has 0 spiro atoms. The minimum atomic E-state index is -4.58. The largest absolute Gasteiger partial charge is 0.477 e. The van der Waals surface area contributed by atoms with Crippen LogP contribution in [0.25, 0.3) is 10.1 Å². The minimum absolute atomic E-state index is 0.00671. The van der Waals surface area contributed by atoms with Crippen LogP contribution in [-0.4, -0.2) is 25.2 Å². The number of benzene rings is 1. The third-order valence-corrected chi connectivity index (χ3v) is 5.93. The van der Waals surface area contributed by atoms with Crippen molar-refractivity contribution in [3.05, 3.63) is 28.6 Å². The summed E-state index contributed by atoms with van der Waals surface area (Å²) in [5.74, 6) is -1.81. The van der Waals surface area contributed by atoms with Gasteiger partial charge in [0.1, 0.15) is 9.77 Å². The van der Waals surface area contributed by atoms with Crippen LogP contribution in [0, 0.1) is 0 Å². The molecule has 2 aromatic rings.